The van der Waals surface area contributed by atoms with E-state index in [4.69, 9.17) is 0 Å². The predicted molar refractivity (Wildman–Crippen MR) is 97.1 cm³/mol. The zero-order chi connectivity index (χ0) is 16.2. The molecule has 1 aromatic carbocycles. The normalized spacial score (nSPS) is 10.7. The summed E-state index contributed by atoms with van der Waals surface area (Å²) in [6, 6.07) is 7.90. The van der Waals surface area contributed by atoms with Crippen LogP contribution >= 0.6 is 38.8 Å². The van der Waals surface area contributed by atoms with E-state index in [1.807, 2.05) is 36.6 Å². The summed E-state index contributed by atoms with van der Waals surface area (Å²) in [6.45, 7) is 2.05. The lowest BCUT2D eigenvalue weighted by Crippen LogP contribution is -2.12. The van der Waals surface area contributed by atoms with Gasteiger partial charge in [-0.3, -0.25) is 10.1 Å². The molecule has 23 heavy (non-hydrogen) atoms. The second-order valence-corrected chi connectivity index (χ2v) is 7.33. The minimum absolute atomic E-state index is 0.194. The number of carbonyl (C=O) groups is 1. The molecule has 0 fully saturated rings. The molecule has 0 saturated heterocycles. The molecule has 1 amide bonds. The van der Waals surface area contributed by atoms with Crippen molar-refractivity contribution in [1.29, 1.82) is 0 Å². The molecule has 8 heteroatoms. The lowest BCUT2D eigenvalue weighted by molar-refractivity contribution is 0.102. The van der Waals surface area contributed by atoms with Gasteiger partial charge in [0.05, 0.1) is 11.4 Å². The van der Waals surface area contributed by atoms with Gasteiger partial charge in [0.2, 0.25) is 0 Å². The number of nitrogens with one attached hydrogen (secondary N) is 1. The average Bonchev–Trinajstić information content (AvgIpc) is 3.18. The summed E-state index contributed by atoms with van der Waals surface area (Å²) in [7, 11) is 0. The van der Waals surface area contributed by atoms with E-state index >= 15 is 0 Å². The largest absolute Gasteiger partial charge is 0.297 e. The van der Waals surface area contributed by atoms with Crippen LogP contribution in [-0.4, -0.2) is 20.5 Å². The maximum atomic E-state index is 12.3. The molecule has 2 heterocycles. The van der Waals surface area contributed by atoms with Gasteiger partial charge >= 0.3 is 0 Å². The van der Waals surface area contributed by atoms with Gasteiger partial charge in [-0.15, -0.1) is 16.4 Å². The van der Waals surface area contributed by atoms with Crippen LogP contribution in [0.3, 0.4) is 0 Å². The smallest absolute Gasteiger partial charge is 0.271 e. The van der Waals surface area contributed by atoms with Crippen LogP contribution in [-0.2, 0) is 6.42 Å². The monoisotopic (exact) mass is 408 g/mol. The van der Waals surface area contributed by atoms with Crippen LogP contribution in [0.25, 0.3) is 11.3 Å². The van der Waals surface area contributed by atoms with E-state index in [-0.39, 0.29) is 5.91 Å². The van der Waals surface area contributed by atoms with Crippen molar-refractivity contribution in [1.82, 2.24) is 14.6 Å². The number of amides is 1. The van der Waals surface area contributed by atoms with Gasteiger partial charge < -0.3 is 0 Å². The standard InChI is InChI=1S/C15H13BrN4OS2/c1-2-3-11-13(23-20-19-11)14(21)18-15-17-12(8-22-15)9-4-6-10(16)7-5-9/h4-8H,2-3H2,1H3,(H,17,18,21). The molecule has 0 atom stereocenters. The number of anilines is 1. The molecular formula is C15H13BrN4OS2. The Hall–Kier alpha value is -1.64. The first-order chi connectivity index (χ1) is 11.2. The Balaban J connectivity index is 1.75. The zero-order valence-corrected chi connectivity index (χ0v) is 15.5. The second kappa shape index (κ2) is 7.29. The fourth-order valence-electron chi connectivity index (χ4n) is 2.02. The fraction of sp³-hybridized carbons (Fsp3) is 0.200. The lowest BCUT2D eigenvalue weighted by atomic mass is 10.2. The number of aryl methyl sites for hydroxylation is 1. The van der Waals surface area contributed by atoms with Crippen LogP contribution < -0.4 is 5.32 Å². The van der Waals surface area contributed by atoms with Gasteiger partial charge in [-0.1, -0.05) is 45.9 Å². The minimum Gasteiger partial charge on any atom is -0.297 e. The van der Waals surface area contributed by atoms with E-state index in [9.17, 15) is 4.79 Å². The van der Waals surface area contributed by atoms with Gasteiger partial charge in [-0.05, 0) is 30.1 Å². The molecule has 0 aliphatic heterocycles. The summed E-state index contributed by atoms with van der Waals surface area (Å²) < 4.78 is 4.89. The van der Waals surface area contributed by atoms with Crippen molar-refractivity contribution in [3.05, 3.63) is 44.7 Å². The molecule has 3 rings (SSSR count). The van der Waals surface area contributed by atoms with Crippen molar-refractivity contribution in [2.24, 2.45) is 0 Å². The SMILES string of the molecule is CCCc1nnsc1C(=O)Nc1nc(-c2ccc(Br)cc2)cs1. The maximum Gasteiger partial charge on any atom is 0.271 e. The fourth-order valence-corrected chi connectivity index (χ4v) is 3.60. The van der Waals surface area contributed by atoms with Crippen LogP contribution in [0.5, 0.6) is 0 Å². The highest BCUT2D eigenvalue weighted by atomic mass is 79.9. The topological polar surface area (TPSA) is 67.8 Å². The third-order valence-electron chi connectivity index (χ3n) is 3.11. The number of rotatable bonds is 5. The zero-order valence-electron chi connectivity index (χ0n) is 12.2. The van der Waals surface area contributed by atoms with Crippen molar-refractivity contribution in [2.75, 3.05) is 5.32 Å². The minimum atomic E-state index is -0.194. The highest BCUT2D eigenvalue weighted by molar-refractivity contribution is 9.10. The van der Waals surface area contributed by atoms with Gasteiger partial charge in [-0.25, -0.2) is 4.98 Å². The van der Waals surface area contributed by atoms with E-state index in [0.717, 1.165) is 45.8 Å². The third kappa shape index (κ3) is 3.82. The Bertz CT molecular complexity index is 813. The van der Waals surface area contributed by atoms with Crippen molar-refractivity contribution < 1.29 is 4.79 Å². The molecule has 3 aromatic rings. The number of aromatic nitrogens is 3. The Morgan fingerprint density at radius 3 is 2.83 bits per heavy atom. The summed E-state index contributed by atoms with van der Waals surface area (Å²) in [5.74, 6) is -0.194. The first kappa shape index (κ1) is 16.2. The van der Waals surface area contributed by atoms with Crippen LogP contribution in [0.15, 0.2) is 34.1 Å². The van der Waals surface area contributed by atoms with Gasteiger partial charge in [0.25, 0.3) is 5.91 Å². The van der Waals surface area contributed by atoms with E-state index < -0.39 is 0 Å². The Kier molecular flexibility index (Phi) is 5.14. The summed E-state index contributed by atoms with van der Waals surface area (Å²) in [4.78, 5) is 17.4. The molecule has 0 aliphatic carbocycles. The number of halogens is 1. The van der Waals surface area contributed by atoms with Crippen LogP contribution in [0.1, 0.15) is 28.7 Å². The molecule has 5 nitrogen and oxygen atoms in total. The van der Waals surface area contributed by atoms with Crippen LogP contribution in [0.2, 0.25) is 0 Å². The number of nitrogens with zero attached hydrogens (tertiary/aromatic N) is 3. The number of hydrogen-bond acceptors (Lipinski definition) is 6. The molecule has 0 spiro atoms. The highest BCUT2D eigenvalue weighted by Gasteiger charge is 2.17. The van der Waals surface area contributed by atoms with Crippen molar-refractivity contribution >= 4 is 49.8 Å². The highest BCUT2D eigenvalue weighted by Crippen LogP contribution is 2.26. The summed E-state index contributed by atoms with van der Waals surface area (Å²) in [6.07, 6.45) is 1.68. The molecular weight excluding hydrogens is 396 g/mol. The molecule has 0 unspecified atom stereocenters. The summed E-state index contributed by atoms with van der Waals surface area (Å²) in [5, 5.41) is 9.35. The van der Waals surface area contributed by atoms with E-state index in [0.29, 0.717) is 10.0 Å². The van der Waals surface area contributed by atoms with E-state index in [1.54, 1.807) is 0 Å². The average molecular weight is 409 g/mol. The molecule has 118 valence electrons. The molecule has 0 bridgehead atoms. The van der Waals surface area contributed by atoms with Crippen molar-refractivity contribution in [2.45, 2.75) is 19.8 Å². The Morgan fingerprint density at radius 1 is 1.30 bits per heavy atom. The molecule has 0 saturated carbocycles. The van der Waals surface area contributed by atoms with E-state index in [2.05, 4.69) is 35.8 Å². The van der Waals surface area contributed by atoms with Gasteiger partial charge in [0.1, 0.15) is 4.88 Å². The molecule has 0 aliphatic rings. The molecule has 0 radical (unpaired) electrons. The van der Waals surface area contributed by atoms with Crippen molar-refractivity contribution in [3.8, 4) is 11.3 Å². The second-order valence-electron chi connectivity index (χ2n) is 4.80. The summed E-state index contributed by atoms with van der Waals surface area (Å²) in [5.41, 5.74) is 2.60. The number of carbonyl (C=O) groups excluding carboxylic acids is 1. The third-order valence-corrected chi connectivity index (χ3v) is 5.17. The quantitative estimate of drug-likeness (QED) is 0.667. The van der Waals surface area contributed by atoms with Crippen molar-refractivity contribution in [3.63, 3.8) is 0 Å². The van der Waals surface area contributed by atoms with E-state index in [1.165, 1.54) is 11.3 Å². The number of benzene rings is 1. The first-order valence-electron chi connectivity index (χ1n) is 7.01. The van der Waals surface area contributed by atoms with Gasteiger partial charge in [0, 0.05) is 15.4 Å². The predicted octanol–water partition coefficient (Wildman–Crippen LogP) is 4.63. The lowest BCUT2D eigenvalue weighted by Gasteiger charge is -2.00. The number of thiazole rings is 1. The maximum absolute atomic E-state index is 12.3. The number of hydrogen-bond donors (Lipinski definition) is 1. The molecule has 2 aromatic heterocycles. The van der Waals surface area contributed by atoms with Crippen LogP contribution in [0.4, 0.5) is 5.13 Å². The van der Waals surface area contributed by atoms with Gasteiger partial charge in [-0.2, -0.15) is 0 Å². The first-order valence-corrected chi connectivity index (χ1v) is 9.46. The summed E-state index contributed by atoms with van der Waals surface area (Å²) >= 11 is 5.93. The van der Waals surface area contributed by atoms with Gasteiger partial charge in [0.15, 0.2) is 5.13 Å². The Morgan fingerprint density at radius 2 is 2.09 bits per heavy atom. The van der Waals surface area contributed by atoms with Crippen LogP contribution in [0, 0.1) is 0 Å². The Labute approximate surface area is 150 Å². The molecule has 1 N–H and O–H groups in total.